The summed E-state index contributed by atoms with van der Waals surface area (Å²) in [6, 6.07) is 0.577. The number of Topliss-reactive ketones (excluding diaryl/α,β-unsaturated/α-hetero) is 2. The Balaban J connectivity index is 1.60. The number of anilines is 2. The van der Waals surface area contributed by atoms with Crippen LogP contribution in [0.1, 0.15) is 40.5 Å². The Hall–Kier alpha value is -4.47. The highest BCUT2D eigenvalue weighted by molar-refractivity contribution is 7.13. The number of ketones is 2. The number of ether oxygens (including phenoxy) is 1. The number of carbonyl (C=O) groups excluding carboxylic acids is 4. The Kier molecular flexibility index (Phi) is 8.14. The summed E-state index contributed by atoms with van der Waals surface area (Å²) in [5.74, 6) is -7.63. The van der Waals surface area contributed by atoms with Gasteiger partial charge in [0.15, 0.2) is 22.2 Å². The van der Waals surface area contributed by atoms with Crippen LogP contribution < -0.4 is 16.0 Å². The quantitative estimate of drug-likeness (QED) is 0.177. The molecule has 1 aromatic carbocycles. The summed E-state index contributed by atoms with van der Waals surface area (Å²) in [7, 11) is 6.67. The molecule has 15 heteroatoms. The summed E-state index contributed by atoms with van der Waals surface area (Å²) < 4.78 is 4.97. The van der Waals surface area contributed by atoms with Gasteiger partial charge in [0.05, 0.1) is 18.2 Å². The summed E-state index contributed by atoms with van der Waals surface area (Å²) in [6.07, 6.45) is 0.161. The van der Waals surface area contributed by atoms with Gasteiger partial charge in [-0.05, 0) is 51.4 Å². The zero-order chi connectivity index (χ0) is 33.1. The number of rotatable bonds is 8. The molecule has 1 unspecified atom stereocenters. The number of aliphatic hydroxyl groups is 3. The van der Waals surface area contributed by atoms with Crippen LogP contribution in [0, 0.1) is 11.8 Å². The van der Waals surface area contributed by atoms with Crippen molar-refractivity contribution < 1.29 is 44.3 Å². The molecule has 0 saturated heterocycles. The van der Waals surface area contributed by atoms with Crippen molar-refractivity contribution in [1.82, 2.24) is 9.88 Å². The maximum Gasteiger partial charge on any atom is 0.357 e. The molecule has 0 aliphatic heterocycles. The molecule has 1 fully saturated rings. The van der Waals surface area contributed by atoms with Crippen LogP contribution in [0.3, 0.4) is 0 Å². The smallest absolute Gasteiger partial charge is 0.357 e. The number of fused-ring (bicyclic) bond motifs is 3. The second-order valence-corrected chi connectivity index (χ2v) is 12.6. The Morgan fingerprint density at radius 1 is 1.20 bits per heavy atom. The molecule has 1 amide bonds. The number of aliphatic hydroxyl groups excluding tert-OH is 2. The highest BCUT2D eigenvalue weighted by Gasteiger charge is 2.64. The SMILES string of the molecule is CCOC(=O)c1csc(NCc2cc(N(C)C)c3c(c2O)C(O)=C2C(=O)[C@@]4(O)C(O)=C(C(N)=O)C(=O)C(N(C)C)[C@H]4C[C@H]2C3)n1. The summed E-state index contributed by atoms with van der Waals surface area (Å²) in [6.45, 7) is 1.91. The van der Waals surface area contributed by atoms with Crippen molar-refractivity contribution in [2.75, 3.05) is 45.0 Å². The van der Waals surface area contributed by atoms with Crippen molar-refractivity contribution >= 4 is 51.4 Å². The molecule has 14 nitrogen and oxygen atoms in total. The molecule has 2 aromatic rings. The van der Waals surface area contributed by atoms with E-state index in [4.69, 9.17) is 10.5 Å². The summed E-state index contributed by atoms with van der Waals surface area (Å²) >= 11 is 1.16. The van der Waals surface area contributed by atoms with Crippen molar-refractivity contribution in [2.45, 2.75) is 38.0 Å². The topological polar surface area (TPSA) is 216 Å². The van der Waals surface area contributed by atoms with E-state index in [2.05, 4.69) is 10.3 Å². The number of hydrogen-bond donors (Lipinski definition) is 6. The number of phenols is 1. The first-order valence-electron chi connectivity index (χ1n) is 14.2. The molecule has 0 spiro atoms. The highest BCUT2D eigenvalue weighted by atomic mass is 32.1. The van der Waals surface area contributed by atoms with E-state index >= 15 is 0 Å². The van der Waals surface area contributed by atoms with Crippen LogP contribution in [0.5, 0.6) is 5.75 Å². The number of esters is 1. The predicted molar refractivity (Wildman–Crippen MR) is 164 cm³/mol. The molecule has 1 saturated carbocycles. The predicted octanol–water partition coefficient (Wildman–Crippen LogP) is 1.28. The molecule has 4 atom stereocenters. The Bertz CT molecular complexity index is 1690. The molecule has 7 N–H and O–H groups in total. The Morgan fingerprint density at radius 2 is 1.89 bits per heavy atom. The van der Waals surface area contributed by atoms with Gasteiger partial charge in [0.2, 0.25) is 5.78 Å². The van der Waals surface area contributed by atoms with Crippen LogP contribution in [0.2, 0.25) is 0 Å². The lowest BCUT2D eigenvalue weighted by atomic mass is 9.57. The molecule has 0 radical (unpaired) electrons. The minimum atomic E-state index is -2.72. The Morgan fingerprint density at radius 3 is 2.49 bits per heavy atom. The maximum absolute atomic E-state index is 14.1. The summed E-state index contributed by atoms with van der Waals surface area (Å²) in [4.78, 5) is 59.1. The number of aromatic hydroxyl groups is 1. The first-order chi connectivity index (χ1) is 21.1. The van der Waals surface area contributed by atoms with Gasteiger partial charge in [-0.15, -0.1) is 11.3 Å². The average Bonchev–Trinajstić information content (AvgIpc) is 3.43. The summed E-state index contributed by atoms with van der Waals surface area (Å²) in [5.41, 5.74) is 3.23. The first-order valence-corrected chi connectivity index (χ1v) is 15.1. The number of thiazole rings is 1. The van der Waals surface area contributed by atoms with E-state index in [1.807, 2.05) is 0 Å². The molecule has 240 valence electrons. The number of carbonyl (C=O) groups is 4. The average molecular weight is 642 g/mol. The van der Waals surface area contributed by atoms with Gasteiger partial charge >= 0.3 is 5.97 Å². The van der Waals surface area contributed by atoms with Crippen LogP contribution >= 0.6 is 11.3 Å². The van der Waals surface area contributed by atoms with Crippen LogP contribution in [-0.4, -0.2) is 100 Å². The zero-order valence-electron chi connectivity index (χ0n) is 25.4. The van der Waals surface area contributed by atoms with E-state index in [0.717, 1.165) is 11.3 Å². The van der Waals surface area contributed by atoms with Crippen molar-refractivity contribution in [2.24, 2.45) is 17.6 Å². The second kappa shape index (κ2) is 11.5. The van der Waals surface area contributed by atoms with E-state index in [-0.39, 0.29) is 48.6 Å². The number of amides is 1. The number of aromatic nitrogens is 1. The lowest BCUT2D eigenvalue weighted by molar-refractivity contribution is -0.153. The lowest BCUT2D eigenvalue weighted by Gasteiger charge is -2.50. The maximum atomic E-state index is 14.1. The molecule has 3 aliphatic carbocycles. The van der Waals surface area contributed by atoms with E-state index in [9.17, 15) is 39.6 Å². The van der Waals surface area contributed by atoms with Gasteiger partial charge in [-0.3, -0.25) is 19.3 Å². The molecular formula is C30H35N5O9S. The third-order valence-corrected chi connectivity index (χ3v) is 9.48. The van der Waals surface area contributed by atoms with Crippen LogP contribution in [-0.2, 0) is 32.1 Å². The van der Waals surface area contributed by atoms with Gasteiger partial charge in [-0.2, -0.15) is 0 Å². The zero-order valence-corrected chi connectivity index (χ0v) is 26.2. The summed E-state index contributed by atoms with van der Waals surface area (Å²) in [5, 5.41) is 50.9. The van der Waals surface area contributed by atoms with Crippen molar-refractivity contribution in [3.8, 4) is 5.75 Å². The van der Waals surface area contributed by atoms with Gasteiger partial charge in [-0.25, -0.2) is 9.78 Å². The van der Waals surface area contributed by atoms with Crippen molar-refractivity contribution in [3.05, 3.63) is 50.7 Å². The molecule has 0 bridgehead atoms. The second-order valence-electron chi connectivity index (χ2n) is 11.7. The van der Waals surface area contributed by atoms with E-state index < -0.39 is 64.0 Å². The van der Waals surface area contributed by atoms with Crippen LogP contribution in [0.15, 0.2) is 28.4 Å². The lowest BCUT2D eigenvalue weighted by Crippen LogP contribution is -2.65. The van der Waals surface area contributed by atoms with Gasteiger partial charge in [0, 0.05) is 48.8 Å². The van der Waals surface area contributed by atoms with E-state index in [1.54, 1.807) is 46.1 Å². The number of nitrogens with one attached hydrogen (secondary N) is 1. The van der Waals surface area contributed by atoms with E-state index in [1.165, 1.54) is 10.3 Å². The van der Waals surface area contributed by atoms with Gasteiger partial charge in [-0.1, -0.05) is 0 Å². The molecule has 5 rings (SSSR count). The third-order valence-electron chi connectivity index (χ3n) is 8.68. The van der Waals surface area contributed by atoms with Gasteiger partial charge < -0.3 is 41.1 Å². The molecule has 1 aromatic heterocycles. The number of phenolic OH excluding ortho intramolecular Hbond substituents is 1. The number of benzene rings is 1. The number of primary amides is 1. The number of likely N-dealkylation sites (N-methyl/N-ethyl adjacent to an activating group) is 1. The molecule has 45 heavy (non-hydrogen) atoms. The van der Waals surface area contributed by atoms with E-state index in [0.29, 0.717) is 21.9 Å². The fourth-order valence-electron chi connectivity index (χ4n) is 6.70. The fraction of sp³-hybridized carbons (Fsp3) is 0.433. The van der Waals surface area contributed by atoms with Gasteiger partial charge in [0.25, 0.3) is 5.91 Å². The molecular weight excluding hydrogens is 606 g/mol. The monoisotopic (exact) mass is 641 g/mol. The third kappa shape index (κ3) is 4.91. The Labute approximate surface area is 262 Å². The fourth-order valence-corrected chi connectivity index (χ4v) is 7.38. The molecule has 3 aliphatic rings. The largest absolute Gasteiger partial charge is 0.508 e. The van der Waals surface area contributed by atoms with Crippen molar-refractivity contribution in [3.63, 3.8) is 0 Å². The molecule has 1 heterocycles. The van der Waals surface area contributed by atoms with Gasteiger partial charge in [0.1, 0.15) is 22.8 Å². The minimum absolute atomic E-state index is 0.00442. The van der Waals surface area contributed by atoms with Crippen LogP contribution in [0.25, 0.3) is 5.76 Å². The van der Waals surface area contributed by atoms with Crippen LogP contribution in [0.4, 0.5) is 10.8 Å². The standard InChI is InChI=1S/C30H35N5O9S/c1-6-44-28(42)16-11-45-29(33-16)32-10-13-9-17(34(2)3)14-7-12-8-15-21(35(4)5)24(38)20(27(31)41)26(40)30(15,43)25(39)18(12)23(37)19(14)22(13)36/h9,11-12,15,21,36-37,40,43H,6-8,10H2,1-5H3,(H2,31,41)(H,32,33)/t12-,15-,21?,30-/m1/s1. The number of hydrogen-bond acceptors (Lipinski definition) is 14. The normalized spacial score (nSPS) is 24.3. The number of nitrogens with two attached hydrogens (primary N) is 1. The minimum Gasteiger partial charge on any atom is -0.508 e. The highest BCUT2D eigenvalue weighted by Crippen LogP contribution is 2.54. The number of nitrogens with zero attached hydrogens (tertiary/aromatic N) is 3. The van der Waals surface area contributed by atoms with Crippen molar-refractivity contribution in [1.29, 1.82) is 0 Å². The first kappa shape index (κ1) is 31.9.